The highest BCUT2D eigenvalue weighted by Crippen LogP contribution is 2.43. The molecule has 0 atom stereocenters. The summed E-state index contributed by atoms with van der Waals surface area (Å²) in [6, 6.07) is 23.2. The van der Waals surface area contributed by atoms with Gasteiger partial charge in [0, 0.05) is 20.9 Å². The Labute approximate surface area is 276 Å². The van der Waals surface area contributed by atoms with Crippen molar-refractivity contribution in [2.45, 2.75) is 0 Å². The molecular weight excluding hydrogens is 665 g/mol. The van der Waals surface area contributed by atoms with Crippen LogP contribution in [0.5, 0.6) is 0 Å². The molecular formula is C34H18S8. The maximum atomic E-state index is 2.54. The number of fused-ring (bicyclic) bond motifs is 4. The molecule has 0 nitrogen and oxygen atoms in total. The summed E-state index contributed by atoms with van der Waals surface area (Å²) in [6.07, 6.45) is 0. The highest BCUT2D eigenvalue weighted by Gasteiger charge is 2.20. The first-order valence-corrected chi connectivity index (χ1v) is 20.2. The highest BCUT2D eigenvalue weighted by molar-refractivity contribution is 8.36. The Balaban J connectivity index is 1.63. The molecule has 0 bridgehead atoms. The van der Waals surface area contributed by atoms with Crippen LogP contribution in [0.3, 0.4) is 0 Å². The number of benzene rings is 5. The molecule has 202 valence electrons. The first-order valence-electron chi connectivity index (χ1n) is 13.2. The minimum atomic E-state index is 1.33. The zero-order valence-corrected chi connectivity index (χ0v) is 28.2. The Morgan fingerprint density at radius 3 is 0.690 bits per heavy atom. The van der Waals surface area contributed by atoms with Gasteiger partial charge in [0.05, 0.1) is 16.9 Å². The molecule has 0 amide bonds. The quantitative estimate of drug-likeness (QED) is 0.146. The molecule has 0 unspecified atom stereocenters. The summed E-state index contributed by atoms with van der Waals surface area (Å²) in [5.74, 6) is 0. The third kappa shape index (κ3) is 4.25. The van der Waals surface area contributed by atoms with Gasteiger partial charge < -0.3 is 0 Å². The first-order chi connectivity index (χ1) is 20.9. The van der Waals surface area contributed by atoms with E-state index in [0.717, 1.165) is 0 Å². The monoisotopic (exact) mass is 682 g/mol. The fraction of sp³-hybridized carbons (Fsp3) is 0. The van der Waals surface area contributed by atoms with Crippen LogP contribution in [0.1, 0.15) is 0 Å². The largest absolute Gasteiger partial charge is 0.0895 e. The van der Waals surface area contributed by atoms with Gasteiger partial charge in [-0.2, -0.15) is 0 Å². The zero-order chi connectivity index (χ0) is 27.6. The van der Waals surface area contributed by atoms with Crippen LogP contribution in [0.15, 0.2) is 104 Å². The van der Waals surface area contributed by atoms with E-state index in [0.29, 0.717) is 0 Å². The first kappa shape index (κ1) is 26.8. The Hall–Kier alpha value is -1.62. The van der Waals surface area contributed by atoms with Gasteiger partial charge in [-0.25, -0.2) is 0 Å². The van der Waals surface area contributed by atoms with Gasteiger partial charge in [-0.3, -0.25) is 0 Å². The van der Waals surface area contributed by atoms with Crippen molar-refractivity contribution < 1.29 is 0 Å². The van der Waals surface area contributed by atoms with Gasteiger partial charge in [-0.15, -0.1) is 0 Å². The van der Waals surface area contributed by atoms with E-state index in [2.05, 4.69) is 104 Å². The van der Waals surface area contributed by atoms with Crippen LogP contribution in [0.25, 0.3) is 60.0 Å². The molecule has 0 spiro atoms. The molecule has 0 aliphatic carbocycles. The molecule has 4 aliphatic rings. The summed E-state index contributed by atoms with van der Waals surface area (Å²) in [7, 11) is 0. The van der Waals surface area contributed by atoms with Gasteiger partial charge >= 0.3 is 0 Å². The van der Waals surface area contributed by atoms with Crippen molar-refractivity contribution in [2.24, 2.45) is 0 Å². The SMILES string of the molecule is C1=CSC(=c2c3ccccc3c(=C3SC=CS3)c3cc4c(=C5SC=CS5)c5ccccc5c(=C5SC=CS5)c4cc23)S1. The second-order valence-electron chi connectivity index (χ2n) is 9.72. The Morgan fingerprint density at radius 2 is 0.476 bits per heavy atom. The topological polar surface area (TPSA) is 0 Å². The van der Waals surface area contributed by atoms with Crippen LogP contribution in [0.2, 0.25) is 0 Å². The van der Waals surface area contributed by atoms with Crippen molar-refractivity contribution >= 4 is 154 Å². The number of thioether (sulfide) groups is 8. The average Bonchev–Trinajstić information content (AvgIpc) is 3.86. The summed E-state index contributed by atoms with van der Waals surface area (Å²) < 4.78 is 5.44. The molecule has 0 radical (unpaired) electrons. The number of hydrogen-bond acceptors (Lipinski definition) is 8. The van der Waals surface area contributed by atoms with E-state index in [4.69, 9.17) is 0 Å². The second kappa shape index (κ2) is 11.1. The normalized spacial score (nSPS) is 18.1. The van der Waals surface area contributed by atoms with Crippen LogP contribution in [0.4, 0.5) is 0 Å². The van der Waals surface area contributed by atoms with Crippen molar-refractivity contribution in [1.29, 1.82) is 0 Å². The molecule has 42 heavy (non-hydrogen) atoms. The smallest absolute Gasteiger partial charge is 0.0571 e. The Bertz CT molecular complexity index is 2040. The van der Waals surface area contributed by atoms with Crippen LogP contribution in [-0.4, -0.2) is 0 Å². The highest BCUT2D eigenvalue weighted by atomic mass is 32.2. The molecule has 0 aromatic heterocycles. The second-order valence-corrected chi connectivity index (χ2v) is 18.1. The van der Waals surface area contributed by atoms with Gasteiger partial charge in [-0.1, -0.05) is 143 Å². The van der Waals surface area contributed by atoms with E-state index in [1.54, 1.807) is 0 Å². The van der Waals surface area contributed by atoms with E-state index < -0.39 is 0 Å². The molecule has 0 saturated heterocycles. The fourth-order valence-electron chi connectivity index (χ4n) is 6.02. The molecule has 4 heterocycles. The minimum absolute atomic E-state index is 1.33. The fourth-order valence-corrected chi connectivity index (χ4v) is 13.7. The third-order valence-corrected chi connectivity index (χ3v) is 16.1. The summed E-state index contributed by atoms with van der Waals surface area (Å²) in [6.45, 7) is 0. The minimum Gasteiger partial charge on any atom is -0.0895 e. The Morgan fingerprint density at radius 1 is 0.262 bits per heavy atom. The van der Waals surface area contributed by atoms with Crippen LogP contribution >= 0.6 is 94.1 Å². The zero-order valence-electron chi connectivity index (χ0n) is 21.7. The van der Waals surface area contributed by atoms with Crippen molar-refractivity contribution in [1.82, 2.24) is 0 Å². The third-order valence-electron chi connectivity index (χ3n) is 7.61. The van der Waals surface area contributed by atoms with E-state index in [1.807, 2.05) is 94.1 Å². The van der Waals surface area contributed by atoms with Crippen LogP contribution < -0.4 is 20.9 Å². The molecule has 9 rings (SSSR count). The maximum Gasteiger partial charge on any atom is 0.0571 e. The van der Waals surface area contributed by atoms with E-state index in [1.165, 1.54) is 80.9 Å². The Kier molecular flexibility index (Phi) is 7.05. The van der Waals surface area contributed by atoms with E-state index in [9.17, 15) is 0 Å². The lowest BCUT2D eigenvalue weighted by molar-refractivity contribution is 1.68. The van der Waals surface area contributed by atoms with Gasteiger partial charge in [-0.05, 0) is 98.5 Å². The molecule has 5 aromatic carbocycles. The number of rotatable bonds is 0. The maximum absolute atomic E-state index is 2.54. The van der Waals surface area contributed by atoms with Crippen molar-refractivity contribution in [3.8, 4) is 0 Å². The predicted octanol–water partition coefficient (Wildman–Crippen LogP) is 10.4. The van der Waals surface area contributed by atoms with Crippen molar-refractivity contribution in [2.75, 3.05) is 0 Å². The lowest BCUT2D eigenvalue weighted by Gasteiger charge is -2.15. The summed E-state index contributed by atoms with van der Waals surface area (Å²) in [5, 5.41) is 33.9. The lowest BCUT2D eigenvalue weighted by Crippen LogP contribution is -2.21. The summed E-state index contributed by atoms with van der Waals surface area (Å²) in [4.78, 5) is 0. The molecule has 0 N–H and O–H groups in total. The molecule has 5 aromatic rings. The van der Waals surface area contributed by atoms with E-state index in [-0.39, 0.29) is 0 Å². The lowest BCUT2D eigenvalue weighted by atomic mass is 9.92. The van der Waals surface area contributed by atoms with Gasteiger partial charge in [0.15, 0.2) is 0 Å². The summed E-state index contributed by atoms with van der Waals surface area (Å²) in [5.41, 5.74) is 0. The van der Waals surface area contributed by atoms with Crippen LogP contribution in [0, 0.1) is 0 Å². The molecule has 8 heteroatoms. The molecule has 4 aliphatic heterocycles. The van der Waals surface area contributed by atoms with Crippen molar-refractivity contribution in [3.05, 3.63) is 125 Å². The van der Waals surface area contributed by atoms with Crippen molar-refractivity contribution in [3.63, 3.8) is 0 Å². The van der Waals surface area contributed by atoms with Gasteiger partial charge in [0.25, 0.3) is 0 Å². The molecule has 0 saturated carbocycles. The van der Waals surface area contributed by atoms with E-state index >= 15 is 0 Å². The standard InChI is InChI=1S/C34H18S8/c1-2-6-20-19(5-1)27(31-35-9-10-36-31)23-17-25-26(18-24(23)28(20)32-37-11-12-38-32)30(34-41-15-16-42-34)22-8-4-3-7-21(22)29(25)33-39-13-14-40-33/h1-18H. The van der Waals surface area contributed by atoms with Crippen LogP contribution in [-0.2, 0) is 0 Å². The average molecular weight is 683 g/mol. The summed E-state index contributed by atoms with van der Waals surface area (Å²) >= 11 is 14.8. The number of hydrogen-bond donors (Lipinski definition) is 0. The molecule has 0 fully saturated rings. The predicted molar refractivity (Wildman–Crippen MR) is 206 cm³/mol. The van der Waals surface area contributed by atoms with Gasteiger partial charge in [0.2, 0.25) is 0 Å². The van der Waals surface area contributed by atoms with Gasteiger partial charge in [0.1, 0.15) is 0 Å².